The van der Waals surface area contributed by atoms with Crippen molar-refractivity contribution in [2.45, 2.75) is 52.4 Å². The van der Waals surface area contributed by atoms with Crippen molar-refractivity contribution >= 4 is 34.6 Å². The maximum absolute atomic E-state index is 12.1. The zero-order valence-corrected chi connectivity index (χ0v) is 29.1. The molecule has 7 rings (SSSR count). The Hall–Kier alpha value is -3.84. The summed E-state index contributed by atoms with van der Waals surface area (Å²) in [4.78, 5) is 37.3. The highest BCUT2D eigenvalue weighted by molar-refractivity contribution is 7.17. The number of carbonyl (C=O) groups is 2. The number of hydrogen-bond acceptors (Lipinski definition) is 12. The number of aryl methyl sites for hydroxylation is 4. The average Bonchev–Trinajstić information content (AvgIpc) is 3.63. The fourth-order valence-electron chi connectivity index (χ4n) is 6.10. The summed E-state index contributed by atoms with van der Waals surface area (Å²) in [6.45, 7) is 9.40. The summed E-state index contributed by atoms with van der Waals surface area (Å²) in [5, 5.41) is 10.5. The van der Waals surface area contributed by atoms with Gasteiger partial charge in [0.15, 0.2) is 0 Å². The van der Waals surface area contributed by atoms with E-state index in [0.717, 1.165) is 109 Å². The van der Waals surface area contributed by atoms with Crippen LogP contribution in [0.2, 0.25) is 0 Å². The average molecular weight is 692 g/mol. The van der Waals surface area contributed by atoms with Crippen LogP contribution in [-0.4, -0.2) is 84.6 Å². The standard InChI is InChI=1S/C21H26N2O4S.C15H15NO3S/c1-2-26-21(24)20-22-18-5-3-4-15-6-7-16(14-17(15)19(18)28-20)27-13-10-23-8-11-25-12-9-23;1-2-19-15(18)14-16-12-5-3-4-9-6-7-10(17)8-11(9)13(12)20-14/h6-7,14H,2-5,8-13H2,1H3;6-8,17H,2-5H2,1H3. The van der Waals surface area contributed by atoms with Gasteiger partial charge in [-0.2, -0.15) is 0 Å². The Kier molecular flexibility index (Phi) is 11.4. The monoisotopic (exact) mass is 691 g/mol. The van der Waals surface area contributed by atoms with Crippen LogP contribution < -0.4 is 4.74 Å². The van der Waals surface area contributed by atoms with Crippen molar-refractivity contribution in [1.82, 2.24) is 14.9 Å². The van der Waals surface area contributed by atoms with Crippen molar-refractivity contribution in [3.63, 3.8) is 0 Å². The zero-order valence-electron chi connectivity index (χ0n) is 27.4. The van der Waals surface area contributed by atoms with Crippen molar-refractivity contribution in [2.75, 3.05) is 52.7 Å². The summed E-state index contributed by atoms with van der Waals surface area (Å²) in [6, 6.07) is 11.7. The van der Waals surface area contributed by atoms with E-state index in [2.05, 4.69) is 33.1 Å². The number of carbonyl (C=O) groups excluding carboxylic acids is 2. The Bertz CT molecular complexity index is 1750. The number of phenols is 1. The van der Waals surface area contributed by atoms with Crippen molar-refractivity contribution in [2.24, 2.45) is 0 Å². The largest absolute Gasteiger partial charge is 0.508 e. The number of thiazole rings is 2. The summed E-state index contributed by atoms with van der Waals surface area (Å²) in [7, 11) is 0. The predicted octanol–water partition coefficient (Wildman–Crippen LogP) is 6.37. The Balaban J connectivity index is 0.000000177. The Labute approximate surface area is 288 Å². The molecule has 0 spiro atoms. The van der Waals surface area contributed by atoms with Gasteiger partial charge in [-0.1, -0.05) is 12.1 Å². The molecule has 2 aliphatic carbocycles. The van der Waals surface area contributed by atoms with Gasteiger partial charge < -0.3 is 24.1 Å². The molecular formula is C36H41N3O7S2. The number of morpholine rings is 1. The summed E-state index contributed by atoms with van der Waals surface area (Å²) in [5.41, 5.74) is 6.55. The molecule has 0 saturated carbocycles. The molecule has 1 fully saturated rings. The van der Waals surface area contributed by atoms with E-state index in [1.165, 1.54) is 33.8 Å². The lowest BCUT2D eigenvalue weighted by Gasteiger charge is -2.26. The van der Waals surface area contributed by atoms with Crippen molar-refractivity contribution in [1.29, 1.82) is 0 Å². The van der Waals surface area contributed by atoms with E-state index in [0.29, 0.717) is 29.8 Å². The van der Waals surface area contributed by atoms with Crippen molar-refractivity contribution in [3.8, 4) is 32.4 Å². The van der Waals surface area contributed by atoms with Crippen LogP contribution >= 0.6 is 22.7 Å². The quantitative estimate of drug-likeness (QED) is 0.209. The van der Waals surface area contributed by atoms with Crippen molar-refractivity contribution in [3.05, 3.63) is 68.9 Å². The third-order valence-electron chi connectivity index (χ3n) is 8.46. The van der Waals surface area contributed by atoms with E-state index in [4.69, 9.17) is 18.9 Å². The van der Waals surface area contributed by atoms with Gasteiger partial charge in [-0.15, -0.1) is 22.7 Å². The molecular weight excluding hydrogens is 651 g/mol. The second-order valence-electron chi connectivity index (χ2n) is 11.7. The first-order valence-corrected chi connectivity index (χ1v) is 18.3. The number of aromatic nitrogens is 2. The summed E-state index contributed by atoms with van der Waals surface area (Å²) >= 11 is 2.78. The molecule has 3 heterocycles. The van der Waals surface area contributed by atoms with Gasteiger partial charge in [0.05, 0.1) is 47.6 Å². The third kappa shape index (κ3) is 8.06. The Morgan fingerprint density at radius 1 is 0.812 bits per heavy atom. The molecule has 1 saturated heterocycles. The number of rotatable bonds is 8. The second-order valence-corrected chi connectivity index (χ2v) is 13.7. The zero-order chi connectivity index (χ0) is 33.5. The molecule has 48 heavy (non-hydrogen) atoms. The van der Waals surface area contributed by atoms with E-state index in [1.807, 2.05) is 13.0 Å². The topological polar surface area (TPSA) is 120 Å². The van der Waals surface area contributed by atoms with Gasteiger partial charge >= 0.3 is 11.9 Å². The summed E-state index contributed by atoms with van der Waals surface area (Å²) in [5.74, 6) is 0.404. The highest BCUT2D eigenvalue weighted by atomic mass is 32.1. The van der Waals surface area contributed by atoms with Crippen LogP contribution in [0.5, 0.6) is 11.5 Å². The van der Waals surface area contributed by atoms with Crippen LogP contribution in [0.25, 0.3) is 20.9 Å². The molecule has 12 heteroatoms. The molecule has 0 radical (unpaired) electrons. The Morgan fingerprint density at radius 3 is 1.96 bits per heavy atom. The lowest BCUT2D eigenvalue weighted by Crippen LogP contribution is -2.38. The lowest BCUT2D eigenvalue weighted by atomic mass is 10.0. The number of ether oxygens (including phenoxy) is 4. The lowest BCUT2D eigenvalue weighted by molar-refractivity contribution is 0.0322. The van der Waals surface area contributed by atoms with E-state index in [1.54, 1.807) is 19.1 Å². The van der Waals surface area contributed by atoms with Gasteiger partial charge in [0.2, 0.25) is 10.0 Å². The van der Waals surface area contributed by atoms with Gasteiger partial charge in [-0.25, -0.2) is 19.6 Å². The molecule has 0 unspecified atom stereocenters. The number of benzene rings is 2. The minimum atomic E-state index is -0.368. The first-order chi connectivity index (χ1) is 23.4. The van der Waals surface area contributed by atoms with Crippen molar-refractivity contribution < 1.29 is 33.6 Å². The number of esters is 2. The molecule has 254 valence electrons. The normalized spacial score (nSPS) is 15.3. The third-order valence-corrected chi connectivity index (χ3v) is 10.7. The molecule has 3 aliphatic rings. The van der Waals surface area contributed by atoms with Gasteiger partial charge in [0.1, 0.15) is 18.1 Å². The number of phenolic OH excluding ortho intramolecular Hbond substituents is 1. The number of aromatic hydroxyl groups is 1. The fraction of sp³-hybridized carbons (Fsp3) is 0.444. The van der Waals surface area contributed by atoms with E-state index >= 15 is 0 Å². The number of fused-ring (bicyclic) bond motifs is 6. The smallest absolute Gasteiger partial charge is 0.367 e. The molecule has 10 nitrogen and oxygen atoms in total. The second kappa shape index (κ2) is 16.0. The molecule has 1 N–H and O–H groups in total. The fourth-order valence-corrected chi connectivity index (χ4v) is 8.22. The molecule has 2 aromatic carbocycles. The van der Waals surface area contributed by atoms with Gasteiger partial charge in [0.25, 0.3) is 0 Å². The number of hydrogen-bond donors (Lipinski definition) is 1. The van der Waals surface area contributed by atoms with Crippen LogP contribution in [0.3, 0.4) is 0 Å². The van der Waals surface area contributed by atoms with Crippen LogP contribution in [0.4, 0.5) is 0 Å². The van der Waals surface area contributed by atoms with Crippen LogP contribution in [0.1, 0.15) is 68.8 Å². The minimum absolute atomic E-state index is 0.239. The summed E-state index contributed by atoms with van der Waals surface area (Å²) < 4.78 is 21.6. The predicted molar refractivity (Wildman–Crippen MR) is 185 cm³/mol. The molecule has 4 aromatic rings. The summed E-state index contributed by atoms with van der Waals surface area (Å²) in [6.07, 6.45) is 5.74. The van der Waals surface area contributed by atoms with Crippen LogP contribution in [0, 0.1) is 0 Å². The molecule has 0 atom stereocenters. The highest BCUT2D eigenvalue weighted by Crippen LogP contribution is 2.40. The van der Waals surface area contributed by atoms with Gasteiger partial charge in [0, 0.05) is 30.8 Å². The maximum Gasteiger partial charge on any atom is 0.367 e. The molecule has 2 aromatic heterocycles. The Morgan fingerprint density at radius 2 is 1.38 bits per heavy atom. The molecule has 0 amide bonds. The molecule has 1 aliphatic heterocycles. The maximum atomic E-state index is 12.1. The first kappa shape index (κ1) is 34.0. The number of nitrogens with zero attached hydrogens (tertiary/aromatic N) is 3. The van der Waals surface area contributed by atoms with Gasteiger partial charge in [-0.3, -0.25) is 4.90 Å². The SMILES string of the molecule is CCOC(=O)c1nc2c(s1)-c1cc(O)ccc1CCC2.CCOC(=O)c1nc2c(s1)-c1cc(OCCN3CCOCC3)ccc1CCC2. The van der Waals surface area contributed by atoms with E-state index in [-0.39, 0.29) is 17.7 Å². The minimum Gasteiger partial charge on any atom is -0.508 e. The van der Waals surface area contributed by atoms with E-state index < -0.39 is 0 Å². The van der Waals surface area contributed by atoms with Crippen LogP contribution in [0.15, 0.2) is 36.4 Å². The van der Waals surface area contributed by atoms with E-state index in [9.17, 15) is 14.7 Å². The van der Waals surface area contributed by atoms with Gasteiger partial charge in [-0.05, 0) is 87.8 Å². The first-order valence-electron chi connectivity index (χ1n) is 16.7. The molecule has 0 bridgehead atoms. The van der Waals surface area contributed by atoms with Crippen LogP contribution in [-0.2, 0) is 39.9 Å². The highest BCUT2D eigenvalue weighted by Gasteiger charge is 2.24.